The Morgan fingerprint density at radius 3 is 2.68 bits per heavy atom. The lowest BCUT2D eigenvalue weighted by atomic mass is 10.2. The van der Waals surface area contributed by atoms with Crippen molar-refractivity contribution in [2.45, 2.75) is 26.1 Å². The molecule has 0 radical (unpaired) electrons. The molecule has 25 heavy (non-hydrogen) atoms. The highest BCUT2D eigenvalue weighted by Crippen LogP contribution is 2.30. The Morgan fingerprint density at radius 2 is 2.04 bits per heavy atom. The highest BCUT2D eigenvalue weighted by Gasteiger charge is 2.30. The van der Waals surface area contributed by atoms with Crippen LogP contribution in [0.25, 0.3) is 0 Å². The Labute approximate surface area is 141 Å². The number of alkyl halides is 3. The van der Waals surface area contributed by atoms with Crippen LogP contribution in [0, 0.1) is 0 Å². The summed E-state index contributed by atoms with van der Waals surface area (Å²) in [6.07, 6.45) is -2.44. The van der Waals surface area contributed by atoms with Crippen LogP contribution in [0.4, 0.5) is 23.7 Å². The summed E-state index contributed by atoms with van der Waals surface area (Å²) < 4.78 is 39.2. The molecule has 0 aliphatic heterocycles. The molecule has 2 amide bonds. The molecule has 1 aromatic heterocycles. The van der Waals surface area contributed by atoms with Gasteiger partial charge in [0.25, 0.3) is 5.56 Å². The average molecular weight is 354 g/mol. The molecule has 1 aromatic carbocycles. The Bertz CT molecular complexity index is 802. The molecular formula is C16H17F3N4O2. The second-order valence-electron chi connectivity index (χ2n) is 5.22. The molecule has 2 rings (SSSR count). The van der Waals surface area contributed by atoms with E-state index in [0.29, 0.717) is 12.1 Å². The number of nitrogens with zero attached hydrogens (tertiary/aromatic N) is 2. The minimum Gasteiger partial charge on any atom is -0.336 e. The third-order valence-corrected chi connectivity index (χ3v) is 3.38. The van der Waals surface area contributed by atoms with Crippen LogP contribution in [-0.2, 0) is 19.1 Å². The maximum absolute atomic E-state index is 12.6. The van der Waals surface area contributed by atoms with Crippen molar-refractivity contribution in [2.75, 3.05) is 11.9 Å². The van der Waals surface area contributed by atoms with E-state index in [-0.39, 0.29) is 24.3 Å². The number of benzene rings is 1. The molecule has 1 heterocycles. The number of aromatic nitrogens is 2. The molecule has 0 aliphatic rings. The summed E-state index contributed by atoms with van der Waals surface area (Å²) in [5.41, 5.74) is -0.374. The topological polar surface area (TPSA) is 76.0 Å². The van der Waals surface area contributed by atoms with Gasteiger partial charge in [-0.3, -0.25) is 9.36 Å². The maximum Gasteiger partial charge on any atom is 0.416 e. The van der Waals surface area contributed by atoms with Crippen molar-refractivity contribution < 1.29 is 18.0 Å². The molecule has 0 unspecified atom stereocenters. The highest BCUT2D eigenvalue weighted by molar-refractivity contribution is 5.89. The number of carbonyl (C=O) groups excluding carboxylic acids is 1. The van der Waals surface area contributed by atoms with E-state index in [2.05, 4.69) is 15.6 Å². The Balaban J connectivity index is 1.88. The normalized spacial score (nSPS) is 11.2. The van der Waals surface area contributed by atoms with Gasteiger partial charge in [-0.25, -0.2) is 9.78 Å². The molecule has 0 fully saturated rings. The van der Waals surface area contributed by atoms with Gasteiger partial charge in [0.05, 0.1) is 11.9 Å². The van der Waals surface area contributed by atoms with E-state index >= 15 is 0 Å². The van der Waals surface area contributed by atoms with E-state index in [9.17, 15) is 22.8 Å². The molecule has 134 valence electrons. The van der Waals surface area contributed by atoms with Crippen LogP contribution in [0.5, 0.6) is 0 Å². The smallest absolute Gasteiger partial charge is 0.336 e. The first kappa shape index (κ1) is 18.5. The largest absolute Gasteiger partial charge is 0.416 e. The highest BCUT2D eigenvalue weighted by atomic mass is 19.4. The van der Waals surface area contributed by atoms with E-state index in [0.717, 1.165) is 12.1 Å². The Hall–Kier alpha value is -2.84. The molecular weight excluding hydrogens is 337 g/mol. The van der Waals surface area contributed by atoms with Gasteiger partial charge in [-0.2, -0.15) is 13.2 Å². The zero-order valence-electron chi connectivity index (χ0n) is 13.4. The van der Waals surface area contributed by atoms with Crippen molar-refractivity contribution in [3.63, 3.8) is 0 Å². The van der Waals surface area contributed by atoms with Gasteiger partial charge in [-0.15, -0.1) is 0 Å². The first-order chi connectivity index (χ1) is 11.8. The number of carbonyl (C=O) groups is 1. The number of nitrogens with one attached hydrogen (secondary N) is 2. The minimum absolute atomic E-state index is 0.0263. The molecule has 0 saturated heterocycles. The number of hydrogen-bond donors (Lipinski definition) is 2. The number of rotatable bonds is 5. The summed E-state index contributed by atoms with van der Waals surface area (Å²) in [6, 6.07) is 5.08. The molecule has 0 bridgehead atoms. The van der Waals surface area contributed by atoms with Gasteiger partial charge in [0.1, 0.15) is 0 Å². The SMILES string of the molecule is CCc1cc(=O)n(CCNC(=O)Nc2cccc(C(F)(F)F)c2)cn1. The van der Waals surface area contributed by atoms with Crippen molar-refractivity contribution in [1.29, 1.82) is 0 Å². The van der Waals surface area contributed by atoms with E-state index in [1.54, 1.807) is 0 Å². The van der Waals surface area contributed by atoms with Gasteiger partial charge in [0, 0.05) is 30.5 Å². The van der Waals surface area contributed by atoms with Crippen LogP contribution in [0.3, 0.4) is 0 Å². The van der Waals surface area contributed by atoms with E-state index < -0.39 is 17.8 Å². The monoisotopic (exact) mass is 354 g/mol. The molecule has 0 spiro atoms. The lowest BCUT2D eigenvalue weighted by Gasteiger charge is -2.11. The Kier molecular flexibility index (Phi) is 5.79. The van der Waals surface area contributed by atoms with Crippen LogP contribution in [0.1, 0.15) is 18.2 Å². The lowest BCUT2D eigenvalue weighted by Crippen LogP contribution is -2.33. The Morgan fingerprint density at radius 1 is 1.28 bits per heavy atom. The fourth-order valence-corrected chi connectivity index (χ4v) is 2.06. The van der Waals surface area contributed by atoms with Crippen LogP contribution >= 0.6 is 0 Å². The van der Waals surface area contributed by atoms with Gasteiger partial charge < -0.3 is 10.6 Å². The van der Waals surface area contributed by atoms with Gasteiger partial charge >= 0.3 is 12.2 Å². The summed E-state index contributed by atoms with van der Waals surface area (Å²) >= 11 is 0. The zero-order chi connectivity index (χ0) is 18.4. The first-order valence-electron chi connectivity index (χ1n) is 7.57. The van der Waals surface area contributed by atoms with Crippen molar-refractivity contribution in [3.8, 4) is 0 Å². The fourth-order valence-electron chi connectivity index (χ4n) is 2.06. The number of amides is 2. The third-order valence-electron chi connectivity index (χ3n) is 3.38. The van der Waals surface area contributed by atoms with Crippen LogP contribution in [0.2, 0.25) is 0 Å². The number of hydrogen-bond acceptors (Lipinski definition) is 3. The molecule has 2 N–H and O–H groups in total. The number of aryl methyl sites for hydroxylation is 1. The van der Waals surface area contributed by atoms with Crippen molar-refractivity contribution in [2.24, 2.45) is 0 Å². The summed E-state index contributed by atoms with van der Waals surface area (Å²) in [5.74, 6) is 0. The number of halogens is 3. The van der Waals surface area contributed by atoms with E-state index in [1.165, 1.54) is 29.1 Å². The zero-order valence-corrected chi connectivity index (χ0v) is 13.4. The van der Waals surface area contributed by atoms with Crippen molar-refractivity contribution in [3.05, 3.63) is 58.3 Å². The predicted molar refractivity (Wildman–Crippen MR) is 86.3 cm³/mol. The average Bonchev–Trinajstić information content (AvgIpc) is 2.55. The van der Waals surface area contributed by atoms with Crippen LogP contribution in [-0.4, -0.2) is 22.1 Å². The van der Waals surface area contributed by atoms with Crippen molar-refractivity contribution >= 4 is 11.7 Å². The van der Waals surface area contributed by atoms with E-state index in [4.69, 9.17) is 0 Å². The summed E-state index contributed by atoms with van der Waals surface area (Å²) in [7, 11) is 0. The number of urea groups is 1. The maximum atomic E-state index is 12.6. The van der Waals surface area contributed by atoms with Crippen LogP contribution in [0.15, 0.2) is 41.5 Å². The van der Waals surface area contributed by atoms with Gasteiger partial charge in [-0.05, 0) is 24.6 Å². The second kappa shape index (κ2) is 7.82. The molecule has 2 aromatic rings. The van der Waals surface area contributed by atoms with Gasteiger partial charge in [-0.1, -0.05) is 13.0 Å². The van der Waals surface area contributed by atoms with E-state index in [1.807, 2.05) is 6.92 Å². The third kappa shape index (κ3) is 5.33. The second-order valence-corrected chi connectivity index (χ2v) is 5.22. The standard InChI is InChI=1S/C16H17F3N4O2/c1-2-12-9-14(24)23(10-21-12)7-6-20-15(25)22-13-5-3-4-11(8-13)16(17,18)19/h3-5,8-10H,2,6-7H2,1H3,(H2,20,22,25). The quantitative estimate of drug-likeness (QED) is 0.867. The summed E-state index contributed by atoms with van der Waals surface area (Å²) in [5, 5.41) is 4.80. The minimum atomic E-state index is -4.48. The number of anilines is 1. The molecule has 6 nitrogen and oxygen atoms in total. The van der Waals surface area contributed by atoms with Crippen LogP contribution < -0.4 is 16.2 Å². The predicted octanol–water partition coefficient (Wildman–Crippen LogP) is 2.65. The summed E-state index contributed by atoms with van der Waals surface area (Å²) in [6.45, 7) is 2.20. The molecule has 0 atom stereocenters. The van der Waals surface area contributed by atoms with Crippen molar-refractivity contribution in [1.82, 2.24) is 14.9 Å². The van der Waals surface area contributed by atoms with Gasteiger partial charge in [0.2, 0.25) is 0 Å². The first-order valence-corrected chi connectivity index (χ1v) is 7.57. The lowest BCUT2D eigenvalue weighted by molar-refractivity contribution is -0.137. The molecule has 0 saturated carbocycles. The molecule has 9 heteroatoms. The van der Waals surface area contributed by atoms with Gasteiger partial charge in [0.15, 0.2) is 0 Å². The molecule has 0 aliphatic carbocycles. The summed E-state index contributed by atoms with van der Waals surface area (Å²) in [4.78, 5) is 27.6. The fraction of sp³-hybridized carbons (Fsp3) is 0.312.